The molecule has 0 aliphatic carbocycles. The van der Waals surface area contributed by atoms with E-state index in [1.807, 2.05) is 37.3 Å². The Balaban J connectivity index is 2.38. The summed E-state index contributed by atoms with van der Waals surface area (Å²) in [5.41, 5.74) is 1.12. The van der Waals surface area contributed by atoms with Gasteiger partial charge in [-0.3, -0.25) is 4.79 Å². The molecule has 0 aliphatic rings. The van der Waals surface area contributed by atoms with Crippen LogP contribution < -0.4 is 0 Å². The molecule has 1 aromatic carbocycles. The lowest BCUT2D eigenvalue weighted by atomic mass is 10.1. The Morgan fingerprint density at radius 1 is 1.39 bits per heavy atom. The van der Waals surface area contributed by atoms with Crippen LogP contribution in [0.15, 0.2) is 43.0 Å². The second-order valence-electron chi connectivity index (χ2n) is 4.23. The van der Waals surface area contributed by atoms with Crippen molar-refractivity contribution in [1.29, 1.82) is 0 Å². The van der Waals surface area contributed by atoms with Gasteiger partial charge in [0.15, 0.2) is 0 Å². The van der Waals surface area contributed by atoms with Crippen LogP contribution in [0, 0.1) is 0 Å². The van der Waals surface area contributed by atoms with Crippen LogP contribution in [-0.2, 0) is 20.9 Å². The van der Waals surface area contributed by atoms with Gasteiger partial charge in [-0.05, 0) is 12.5 Å². The van der Waals surface area contributed by atoms with Gasteiger partial charge in [0.1, 0.15) is 6.10 Å². The summed E-state index contributed by atoms with van der Waals surface area (Å²) in [5.74, 6) is -0.270. The van der Waals surface area contributed by atoms with Gasteiger partial charge in [0.25, 0.3) is 0 Å². The lowest BCUT2D eigenvalue weighted by Crippen LogP contribution is -2.21. The third-order valence-electron chi connectivity index (χ3n) is 2.50. The molecule has 0 aromatic heterocycles. The lowest BCUT2D eigenvalue weighted by Gasteiger charge is -2.18. The van der Waals surface area contributed by atoms with Crippen LogP contribution in [0.1, 0.15) is 25.8 Å². The fraction of sp³-hybridized carbons (Fsp3) is 0.400. The summed E-state index contributed by atoms with van der Waals surface area (Å²) in [5, 5.41) is 0. The molecular formula is C15H20O3. The predicted octanol–water partition coefficient (Wildman–Crippen LogP) is 3.10. The van der Waals surface area contributed by atoms with Gasteiger partial charge < -0.3 is 9.47 Å². The average Bonchev–Trinajstić information content (AvgIpc) is 2.34. The first-order valence-electron chi connectivity index (χ1n) is 6.07. The Morgan fingerprint density at radius 2 is 2.06 bits per heavy atom. The summed E-state index contributed by atoms with van der Waals surface area (Å²) >= 11 is 0. The van der Waals surface area contributed by atoms with Crippen LogP contribution >= 0.6 is 0 Å². The maximum absolute atomic E-state index is 10.8. The van der Waals surface area contributed by atoms with Gasteiger partial charge in [-0.15, -0.1) is 6.58 Å². The van der Waals surface area contributed by atoms with Crippen LogP contribution in [0.3, 0.4) is 0 Å². The third kappa shape index (κ3) is 5.64. The minimum absolute atomic E-state index is 0.112. The molecule has 1 rings (SSSR count). The quantitative estimate of drug-likeness (QED) is 0.549. The van der Waals surface area contributed by atoms with E-state index in [1.54, 1.807) is 6.08 Å². The van der Waals surface area contributed by atoms with Crippen molar-refractivity contribution in [2.75, 3.05) is 0 Å². The van der Waals surface area contributed by atoms with Crippen LogP contribution in [0.4, 0.5) is 0 Å². The molecule has 0 saturated heterocycles. The molecule has 2 unspecified atom stereocenters. The van der Waals surface area contributed by atoms with Crippen molar-refractivity contribution in [1.82, 2.24) is 0 Å². The molecule has 0 aliphatic heterocycles. The Hall–Kier alpha value is -1.61. The fourth-order valence-corrected chi connectivity index (χ4v) is 1.67. The van der Waals surface area contributed by atoms with E-state index in [9.17, 15) is 4.79 Å². The zero-order valence-electron chi connectivity index (χ0n) is 11.0. The molecule has 18 heavy (non-hydrogen) atoms. The second kappa shape index (κ2) is 7.67. The SMILES string of the molecule is C=CC(CC(C)OC(C)=O)OCc1ccccc1. The first kappa shape index (κ1) is 14.5. The molecule has 3 heteroatoms. The van der Waals surface area contributed by atoms with E-state index >= 15 is 0 Å². The fourth-order valence-electron chi connectivity index (χ4n) is 1.67. The zero-order valence-corrected chi connectivity index (χ0v) is 11.0. The number of esters is 1. The molecule has 0 radical (unpaired) electrons. The Bertz CT molecular complexity index is 373. The summed E-state index contributed by atoms with van der Waals surface area (Å²) in [6.45, 7) is 7.53. The summed E-state index contributed by atoms with van der Waals surface area (Å²) in [6.07, 6.45) is 2.08. The molecule has 0 bridgehead atoms. The van der Waals surface area contributed by atoms with E-state index in [4.69, 9.17) is 9.47 Å². The highest BCUT2D eigenvalue weighted by atomic mass is 16.5. The van der Waals surface area contributed by atoms with Crippen molar-refractivity contribution in [2.24, 2.45) is 0 Å². The summed E-state index contributed by atoms with van der Waals surface area (Å²) < 4.78 is 10.8. The topological polar surface area (TPSA) is 35.5 Å². The van der Waals surface area contributed by atoms with Crippen molar-refractivity contribution in [2.45, 2.75) is 39.1 Å². The first-order chi connectivity index (χ1) is 8.61. The molecule has 1 aromatic rings. The number of benzene rings is 1. The Kier molecular flexibility index (Phi) is 6.15. The van der Waals surface area contributed by atoms with E-state index in [1.165, 1.54) is 6.92 Å². The molecule has 3 nitrogen and oxygen atoms in total. The summed E-state index contributed by atoms with van der Waals surface area (Å²) in [4.78, 5) is 10.8. The van der Waals surface area contributed by atoms with Gasteiger partial charge in [0.2, 0.25) is 0 Å². The molecule has 0 spiro atoms. The van der Waals surface area contributed by atoms with Crippen molar-refractivity contribution >= 4 is 5.97 Å². The standard InChI is InChI=1S/C15H20O3/c1-4-15(10-12(2)18-13(3)16)17-11-14-8-6-5-7-9-14/h4-9,12,15H,1,10-11H2,2-3H3. The van der Waals surface area contributed by atoms with E-state index in [0.717, 1.165) is 5.56 Å². The molecule has 0 heterocycles. The van der Waals surface area contributed by atoms with Gasteiger partial charge in [-0.2, -0.15) is 0 Å². The highest BCUT2D eigenvalue weighted by Crippen LogP contribution is 2.10. The zero-order chi connectivity index (χ0) is 13.4. The highest BCUT2D eigenvalue weighted by Gasteiger charge is 2.13. The van der Waals surface area contributed by atoms with Crippen molar-refractivity contribution < 1.29 is 14.3 Å². The van der Waals surface area contributed by atoms with Gasteiger partial charge in [0, 0.05) is 13.3 Å². The number of carbonyl (C=O) groups excluding carboxylic acids is 1. The molecule has 0 fully saturated rings. The lowest BCUT2D eigenvalue weighted by molar-refractivity contribution is -0.146. The predicted molar refractivity (Wildman–Crippen MR) is 71.1 cm³/mol. The number of ether oxygens (including phenoxy) is 2. The van der Waals surface area contributed by atoms with Crippen LogP contribution in [0.5, 0.6) is 0 Å². The van der Waals surface area contributed by atoms with Gasteiger partial charge in [0.05, 0.1) is 12.7 Å². The van der Waals surface area contributed by atoms with Crippen molar-refractivity contribution in [3.8, 4) is 0 Å². The minimum atomic E-state index is -0.270. The third-order valence-corrected chi connectivity index (χ3v) is 2.50. The monoisotopic (exact) mass is 248 g/mol. The van der Waals surface area contributed by atoms with E-state index in [0.29, 0.717) is 13.0 Å². The molecular weight excluding hydrogens is 228 g/mol. The number of carbonyl (C=O) groups is 1. The number of hydrogen-bond donors (Lipinski definition) is 0. The second-order valence-corrected chi connectivity index (χ2v) is 4.23. The molecule has 0 N–H and O–H groups in total. The normalized spacial score (nSPS) is 13.7. The Morgan fingerprint density at radius 3 is 2.61 bits per heavy atom. The maximum atomic E-state index is 10.8. The number of rotatable bonds is 7. The smallest absolute Gasteiger partial charge is 0.302 e. The average molecular weight is 248 g/mol. The molecule has 0 amide bonds. The summed E-state index contributed by atoms with van der Waals surface area (Å²) in [6, 6.07) is 9.94. The molecule has 98 valence electrons. The van der Waals surface area contributed by atoms with Crippen molar-refractivity contribution in [3.05, 3.63) is 48.6 Å². The molecule has 2 atom stereocenters. The first-order valence-corrected chi connectivity index (χ1v) is 6.07. The van der Waals surface area contributed by atoms with Crippen molar-refractivity contribution in [3.63, 3.8) is 0 Å². The van der Waals surface area contributed by atoms with Gasteiger partial charge in [-0.1, -0.05) is 36.4 Å². The van der Waals surface area contributed by atoms with Gasteiger partial charge in [-0.25, -0.2) is 0 Å². The van der Waals surface area contributed by atoms with E-state index in [2.05, 4.69) is 6.58 Å². The largest absolute Gasteiger partial charge is 0.463 e. The van der Waals surface area contributed by atoms with Gasteiger partial charge >= 0.3 is 5.97 Å². The van der Waals surface area contributed by atoms with E-state index in [-0.39, 0.29) is 18.2 Å². The van der Waals surface area contributed by atoms with Crippen LogP contribution in [0.25, 0.3) is 0 Å². The number of hydrogen-bond acceptors (Lipinski definition) is 3. The molecule has 0 saturated carbocycles. The highest BCUT2D eigenvalue weighted by molar-refractivity contribution is 5.66. The summed E-state index contributed by atoms with van der Waals surface area (Å²) in [7, 11) is 0. The minimum Gasteiger partial charge on any atom is -0.463 e. The Labute approximate surface area is 108 Å². The van der Waals surface area contributed by atoms with E-state index < -0.39 is 0 Å². The van der Waals surface area contributed by atoms with Crippen LogP contribution in [0.2, 0.25) is 0 Å². The maximum Gasteiger partial charge on any atom is 0.302 e. The van der Waals surface area contributed by atoms with Crippen LogP contribution in [-0.4, -0.2) is 18.2 Å².